The zero-order valence-corrected chi connectivity index (χ0v) is 10.4. The second-order valence-electron chi connectivity index (χ2n) is 4.06. The lowest BCUT2D eigenvalue weighted by molar-refractivity contribution is 0.629. The van der Waals surface area contributed by atoms with Crippen LogP contribution in [0.15, 0.2) is 36.4 Å². The van der Waals surface area contributed by atoms with Crippen LogP contribution < -0.4 is 0 Å². The average Bonchev–Trinajstić information content (AvgIpc) is 2.71. The van der Waals surface area contributed by atoms with Crippen LogP contribution in [-0.2, 0) is 0 Å². The van der Waals surface area contributed by atoms with Crippen molar-refractivity contribution in [2.45, 2.75) is 6.92 Å². The van der Waals surface area contributed by atoms with Crippen LogP contribution in [0, 0.1) is 18.6 Å². The summed E-state index contributed by atoms with van der Waals surface area (Å²) in [5, 5.41) is 0.589. The average molecular weight is 261 g/mol. The van der Waals surface area contributed by atoms with E-state index in [0.717, 1.165) is 10.3 Å². The smallest absolute Gasteiger partial charge is 0.133 e. The lowest BCUT2D eigenvalue weighted by Crippen LogP contribution is -1.87. The van der Waals surface area contributed by atoms with Gasteiger partial charge in [0.15, 0.2) is 0 Å². The number of thiazole rings is 1. The van der Waals surface area contributed by atoms with Crippen molar-refractivity contribution in [2.75, 3.05) is 0 Å². The summed E-state index contributed by atoms with van der Waals surface area (Å²) in [5.74, 6) is -0.600. The molecule has 3 rings (SSSR count). The molecule has 1 aromatic heterocycles. The standard InChI is InChI=1S/C14H9F2NS/c1-8-3-2-4-10(16)13(8)14-17-11-6-5-9(15)7-12(11)18-14/h2-7H,1H3. The van der Waals surface area contributed by atoms with Gasteiger partial charge in [-0.15, -0.1) is 11.3 Å². The molecule has 0 saturated carbocycles. The fourth-order valence-corrected chi connectivity index (χ4v) is 3.01. The number of hydrogen-bond donors (Lipinski definition) is 0. The van der Waals surface area contributed by atoms with E-state index in [0.29, 0.717) is 16.1 Å². The molecule has 18 heavy (non-hydrogen) atoms. The molecule has 1 nitrogen and oxygen atoms in total. The quantitative estimate of drug-likeness (QED) is 0.626. The van der Waals surface area contributed by atoms with Gasteiger partial charge in [-0.3, -0.25) is 0 Å². The van der Waals surface area contributed by atoms with Gasteiger partial charge in [-0.2, -0.15) is 0 Å². The van der Waals surface area contributed by atoms with E-state index in [2.05, 4.69) is 4.98 Å². The third-order valence-corrected chi connectivity index (χ3v) is 3.82. The van der Waals surface area contributed by atoms with Gasteiger partial charge in [0.25, 0.3) is 0 Å². The molecule has 2 aromatic carbocycles. The van der Waals surface area contributed by atoms with Gasteiger partial charge in [-0.1, -0.05) is 12.1 Å². The van der Waals surface area contributed by atoms with Crippen molar-refractivity contribution in [2.24, 2.45) is 0 Å². The number of aryl methyl sites for hydroxylation is 1. The van der Waals surface area contributed by atoms with Gasteiger partial charge in [0.1, 0.15) is 16.6 Å². The predicted molar refractivity (Wildman–Crippen MR) is 69.7 cm³/mol. The minimum absolute atomic E-state index is 0.297. The highest BCUT2D eigenvalue weighted by atomic mass is 32.1. The SMILES string of the molecule is Cc1cccc(F)c1-c1nc2ccc(F)cc2s1. The fraction of sp³-hybridized carbons (Fsp3) is 0.0714. The van der Waals surface area contributed by atoms with Crippen LogP contribution in [0.4, 0.5) is 8.78 Å². The Bertz CT molecular complexity index is 713. The molecule has 90 valence electrons. The van der Waals surface area contributed by atoms with Crippen molar-refractivity contribution in [3.63, 3.8) is 0 Å². The molecule has 0 N–H and O–H groups in total. The number of halogens is 2. The van der Waals surface area contributed by atoms with E-state index in [9.17, 15) is 8.78 Å². The Morgan fingerprint density at radius 2 is 1.94 bits per heavy atom. The van der Waals surface area contributed by atoms with E-state index < -0.39 is 0 Å². The van der Waals surface area contributed by atoms with Gasteiger partial charge in [-0.25, -0.2) is 13.8 Å². The third-order valence-electron chi connectivity index (χ3n) is 2.79. The summed E-state index contributed by atoms with van der Waals surface area (Å²) in [6.45, 7) is 1.84. The van der Waals surface area contributed by atoms with Gasteiger partial charge < -0.3 is 0 Å². The maximum absolute atomic E-state index is 13.8. The number of benzene rings is 2. The van der Waals surface area contributed by atoms with Crippen LogP contribution >= 0.6 is 11.3 Å². The third kappa shape index (κ3) is 1.78. The first-order chi connectivity index (χ1) is 8.65. The molecule has 0 spiro atoms. The van der Waals surface area contributed by atoms with Crippen LogP contribution in [0.2, 0.25) is 0 Å². The number of fused-ring (bicyclic) bond motifs is 1. The summed E-state index contributed by atoms with van der Waals surface area (Å²) in [7, 11) is 0. The molecule has 0 fully saturated rings. The summed E-state index contributed by atoms with van der Waals surface area (Å²) in [4.78, 5) is 4.36. The molecule has 0 aliphatic rings. The molecular formula is C14H9F2NS. The summed E-state index contributed by atoms with van der Waals surface area (Å²) in [6.07, 6.45) is 0. The number of rotatable bonds is 1. The Morgan fingerprint density at radius 3 is 2.72 bits per heavy atom. The van der Waals surface area contributed by atoms with Crippen molar-refractivity contribution in [3.8, 4) is 10.6 Å². The van der Waals surface area contributed by atoms with E-state index in [1.54, 1.807) is 12.1 Å². The zero-order chi connectivity index (χ0) is 12.7. The first-order valence-corrected chi connectivity index (χ1v) is 6.28. The molecule has 0 radical (unpaired) electrons. The molecule has 0 unspecified atom stereocenters. The second-order valence-corrected chi connectivity index (χ2v) is 5.09. The van der Waals surface area contributed by atoms with Crippen LogP contribution in [-0.4, -0.2) is 4.98 Å². The second kappa shape index (κ2) is 4.14. The van der Waals surface area contributed by atoms with E-state index in [-0.39, 0.29) is 11.6 Å². The summed E-state index contributed by atoms with van der Waals surface area (Å²) in [6, 6.07) is 9.31. The summed E-state index contributed by atoms with van der Waals surface area (Å²) >= 11 is 1.30. The Hall–Kier alpha value is -1.81. The minimum atomic E-state index is -0.303. The van der Waals surface area contributed by atoms with Gasteiger partial charge in [0, 0.05) is 5.56 Å². The Labute approximate surface area is 107 Å². The van der Waals surface area contributed by atoms with Gasteiger partial charge in [0.2, 0.25) is 0 Å². The summed E-state index contributed by atoms with van der Waals surface area (Å²) in [5.41, 5.74) is 2.02. The number of nitrogens with zero attached hydrogens (tertiary/aromatic N) is 1. The first-order valence-electron chi connectivity index (χ1n) is 5.47. The Balaban J connectivity index is 2.26. The van der Waals surface area contributed by atoms with E-state index in [1.165, 1.54) is 29.5 Å². The molecule has 0 atom stereocenters. The van der Waals surface area contributed by atoms with E-state index in [1.807, 2.05) is 13.0 Å². The molecular weight excluding hydrogens is 252 g/mol. The van der Waals surface area contributed by atoms with Crippen molar-refractivity contribution in [3.05, 3.63) is 53.6 Å². The largest absolute Gasteiger partial charge is 0.236 e. The van der Waals surface area contributed by atoms with Crippen molar-refractivity contribution in [1.29, 1.82) is 0 Å². The monoisotopic (exact) mass is 261 g/mol. The van der Waals surface area contributed by atoms with Gasteiger partial charge in [-0.05, 0) is 36.8 Å². The minimum Gasteiger partial charge on any atom is -0.236 e. The predicted octanol–water partition coefficient (Wildman–Crippen LogP) is 4.55. The van der Waals surface area contributed by atoms with Crippen molar-refractivity contribution < 1.29 is 8.78 Å². The Morgan fingerprint density at radius 1 is 1.11 bits per heavy atom. The maximum Gasteiger partial charge on any atom is 0.133 e. The molecule has 0 aliphatic heterocycles. The molecule has 3 aromatic rings. The highest BCUT2D eigenvalue weighted by Crippen LogP contribution is 2.33. The summed E-state index contributed by atoms with van der Waals surface area (Å²) < 4.78 is 27.7. The Kier molecular flexibility index (Phi) is 2.59. The molecule has 4 heteroatoms. The highest BCUT2D eigenvalue weighted by Gasteiger charge is 2.13. The molecule has 0 bridgehead atoms. The lowest BCUT2D eigenvalue weighted by Gasteiger charge is -2.02. The van der Waals surface area contributed by atoms with Crippen LogP contribution in [0.5, 0.6) is 0 Å². The fourth-order valence-electron chi connectivity index (χ4n) is 1.91. The normalized spacial score (nSPS) is 11.1. The molecule has 0 amide bonds. The number of aromatic nitrogens is 1. The van der Waals surface area contributed by atoms with E-state index >= 15 is 0 Å². The van der Waals surface area contributed by atoms with E-state index in [4.69, 9.17) is 0 Å². The van der Waals surface area contributed by atoms with Crippen molar-refractivity contribution in [1.82, 2.24) is 4.98 Å². The number of hydrogen-bond acceptors (Lipinski definition) is 2. The van der Waals surface area contributed by atoms with Gasteiger partial charge >= 0.3 is 0 Å². The maximum atomic E-state index is 13.8. The molecule has 0 aliphatic carbocycles. The molecule has 0 saturated heterocycles. The molecule has 1 heterocycles. The van der Waals surface area contributed by atoms with Crippen molar-refractivity contribution >= 4 is 21.6 Å². The first kappa shape index (κ1) is 11.3. The lowest BCUT2D eigenvalue weighted by atomic mass is 10.1. The zero-order valence-electron chi connectivity index (χ0n) is 9.58. The van der Waals surface area contributed by atoms with Gasteiger partial charge in [0.05, 0.1) is 10.2 Å². The van der Waals surface area contributed by atoms with Crippen LogP contribution in [0.1, 0.15) is 5.56 Å². The topological polar surface area (TPSA) is 12.9 Å². The highest BCUT2D eigenvalue weighted by molar-refractivity contribution is 7.21. The van der Waals surface area contributed by atoms with Crippen LogP contribution in [0.25, 0.3) is 20.8 Å². The van der Waals surface area contributed by atoms with Crippen LogP contribution in [0.3, 0.4) is 0 Å².